The molecule has 7 nitrogen and oxygen atoms in total. The number of aromatic nitrogens is 4. The van der Waals surface area contributed by atoms with Gasteiger partial charge in [0.1, 0.15) is 0 Å². The van der Waals surface area contributed by atoms with Gasteiger partial charge in [0.15, 0.2) is 0 Å². The van der Waals surface area contributed by atoms with Crippen LogP contribution in [0.1, 0.15) is 18.5 Å². The molecule has 2 aromatic heterocycles. The summed E-state index contributed by atoms with van der Waals surface area (Å²) in [5, 5.41) is 3.05. The van der Waals surface area contributed by atoms with Crippen molar-refractivity contribution in [2.75, 3.05) is 43.4 Å². The van der Waals surface area contributed by atoms with E-state index < -0.39 is 0 Å². The Morgan fingerprint density at radius 1 is 0.923 bits per heavy atom. The van der Waals surface area contributed by atoms with Gasteiger partial charge in [-0.05, 0) is 24.6 Å². The average Bonchev–Trinajstić information content (AvgIpc) is 2.73. The van der Waals surface area contributed by atoms with Crippen LogP contribution in [0.15, 0.2) is 43.0 Å². The highest BCUT2D eigenvalue weighted by Gasteiger charge is 2.23. The molecule has 1 atom stereocenters. The lowest BCUT2D eigenvalue weighted by atomic mass is 10.1. The highest BCUT2D eigenvalue weighted by Crippen LogP contribution is 2.24. The van der Waals surface area contributed by atoms with Gasteiger partial charge in [-0.1, -0.05) is 6.07 Å². The highest BCUT2D eigenvalue weighted by atomic mass is 15.3. The van der Waals surface area contributed by atoms with Crippen LogP contribution in [0.3, 0.4) is 0 Å². The van der Waals surface area contributed by atoms with Gasteiger partial charge in [-0.25, -0.2) is 9.97 Å². The Morgan fingerprint density at radius 3 is 2.31 bits per heavy atom. The number of nitrogens with one attached hydrogen (secondary N) is 1. The van der Waals surface area contributed by atoms with E-state index in [0.29, 0.717) is 6.04 Å². The third-order valence-electron chi connectivity index (χ3n) is 5.05. The zero-order valence-electron chi connectivity index (χ0n) is 15.1. The first-order valence-corrected chi connectivity index (χ1v) is 8.94. The fraction of sp³-hybridized carbons (Fsp3) is 0.368. The molecule has 3 heterocycles. The summed E-state index contributed by atoms with van der Waals surface area (Å²) in [5.41, 5.74) is 4.10. The standard InChI is InChI=1S/C19H23N7/c1-14(15-3-4-17-18(11-15)22-6-5-21-17)25-7-9-26(10-8-25)19-23-12-16(20-2)13-24-19/h3-6,11-14,20H,7-10H2,1-2H3. The van der Waals surface area contributed by atoms with Gasteiger partial charge in [-0.2, -0.15) is 0 Å². The van der Waals surface area contributed by atoms with Gasteiger partial charge < -0.3 is 10.2 Å². The van der Waals surface area contributed by atoms with E-state index in [2.05, 4.69) is 60.2 Å². The van der Waals surface area contributed by atoms with Crippen molar-refractivity contribution >= 4 is 22.7 Å². The maximum atomic E-state index is 4.45. The van der Waals surface area contributed by atoms with Gasteiger partial charge in [0.05, 0.1) is 29.1 Å². The Labute approximate surface area is 153 Å². The second-order valence-corrected chi connectivity index (χ2v) is 6.53. The van der Waals surface area contributed by atoms with E-state index in [-0.39, 0.29) is 0 Å². The minimum atomic E-state index is 0.344. The summed E-state index contributed by atoms with van der Waals surface area (Å²) < 4.78 is 0. The molecule has 0 bridgehead atoms. The Bertz CT molecular complexity index is 872. The van der Waals surface area contributed by atoms with Crippen molar-refractivity contribution in [2.45, 2.75) is 13.0 Å². The smallest absolute Gasteiger partial charge is 0.225 e. The maximum absolute atomic E-state index is 4.45. The number of piperazine rings is 1. The Morgan fingerprint density at radius 2 is 1.62 bits per heavy atom. The summed E-state index contributed by atoms with van der Waals surface area (Å²) in [6.07, 6.45) is 7.13. The predicted octanol–water partition coefficient (Wildman–Crippen LogP) is 2.34. The van der Waals surface area contributed by atoms with E-state index in [9.17, 15) is 0 Å². The quantitative estimate of drug-likeness (QED) is 0.775. The average molecular weight is 349 g/mol. The normalized spacial score (nSPS) is 16.6. The molecule has 1 N–H and O–H groups in total. The van der Waals surface area contributed by atoms with Crippen LogP contribution in [0.5, 0.6) is 0 Å². The number of anilines is 2. The number of nitrogens with zero attached hydrogens (tertiary/aromatic N) is 6. The van der Waals surface area contributed by atoms with Crippen molar-refractivity contribution in [3.8, 4) is 0 Å². The first-order valence-electron chi connectivity index (χ1n) is 8.94. The van der Waals surface area contributed by atoms with Crippen LogP contribution >= 0.6 is 0 Å². The van der Waals surface area contributed by atoms with Crippen molar-refractivity contribution < 1.29 is 0 Å². The van der Waals surface area contributed by atoms with Crippen LogP contribution in [0, 0.1) is 0 Å². The molecule has 4 rings (SSSR count). The van der Waals surface area contributed by atoms with Gasteiger partial charge >= 0.3 is 0 Å². The van der Waals surface area contributed by atoms with E-state index in [0.717, 1.165) is 48.8 Å². The fourth-order valence-corrected chi connectivity index (χ4v) is 3.37. The molecule has 0 spiro atoms. The summed E-state index contributed by atoms with van der Waals surface area (Å²) in [5.74, 6) is 0.803. The van der Waals surface area contributed by atoms with Crippen molar-refractivity contribution in [3.05, 3.63) is 48.5 Å². The molecule has 1 aliphatic heterocycles. The molecule has 7 heteroatoms. The lowest BCUT2D eigenvalue weighted by molar-refractivity contribution is 0.198. The SMILES string of the molecule is CNc1cnc(N2CCN(C(C)c3ccc4nccnc4c3)CC2)nc1. The van der Waals surface area contributed by atoms with Crippen LogP contribution in [0.25, 0.3) is 11.0 Å². The number of fused-ring (bicyclic) bond motifs is 1. The Balaban J connectivity index is 1.42. The molecule has 1 aromatic carbocycles. The second kappa shape index (κ2) is 7.21. The lowest BCUT2D eigenvalue weighted by Gasteiger charge is -2.38. The molecule has 1 saturated heterocycles. The molecule has 1 aliphatic rings. The van der Waals surface area contributed by atoms with Crippen molar-refractivity contribution in [2.24, 2.45) is 0 Å². The number of benzene rings is 1. The van der Waals surface area contributed by atoms with Gasteiger partial charge in [0.25, 0.3) is 0 Å². The third-order valence-corrected chi connectivity index (χ3v) is 5.05. The van der Waals surface area contributed by atoms with Crippen molar-refractivity contribution in [1.29, 1.82) is 0 Å². The van der Waals surface area contributed by atoms with Crippen molar-refractivity contribution in [3.63, 3.8) is 0 Å². The number of hydrogen-bond donors (Lipinski definition) is 1. The molecule has 3 aromatic rings. The Kier molecular flexibility index (Phi) is 4.62. The van der Waals surface area contributed by atoms with Gasteiger partial charge in [0, 0.05) is 51.7 Å². The van der Waals surface area contributed by atoms with Crippen LogP contribution in [-0.4, -0.2) is 58.1 Å². The van der Waals surface area contributed by atoms with Gasteiger partial charge in [-0.3, -0.25) is 14.9 Å². The molecular weight excluding hydrogens is 326 g/mol. The zero-order chi connectivity index (χ0) is 17.9. The molecule has 0 amide bonds. The third kappa shape index (κ3) is 3.30. The fourth-order valence-electron chi connectivity index (χ4n) is 3.37. The molecular formula is C19H23N7. The maximum Gasteiger partial charge on any atom is 0.225 e. The molecule has 1 fully saturated rings. The monoisotopic (exact) mass is 349 g/mol. The van der Waals surface area contributed by atoms with Crippen LogP contribution in [0.4, 0.5) is 11.6 Å². The van der Waals surface area contributed by atoms with Crippen molar-refractivity contribution in [1.82, 2.24) is 24.8 Å². The van der Waals surface area contributed by atoms with E-state index in [1.807, 2.05) is 19.4 Å². The summed E-state index contributed by atoms with van der Waals surface area (Å²) in [6.45, 7) is 6.08. The van der Waals surface area contributed by atoms with Gasteiger partial charge in [-0.15, -0.1) is 0 Å². The molecule has 26 heavy (non-hydrogen) atoms. The van der Waals surface area contributed by atoms with E-state index >= 15 is 0 Å². The number of rotatable bonds is 4. The van der Waals surface area contributed by atoms with Crippen LogP contribution < -0.4 is 10.2 Å². The summed E-state index contributed by atoms with van der Waals surface area (Å²) >= 11 is 0. The number of hydrogen-bond acceptors (Lipinski definition) is 7. The van der Waals surface area contributed by atoms with E-state index in [1.54, 1.807) is 12.4 Å². The molecule has 0 radical (unpaired) electrons. The zero-order valence-corrected chi connectivity index (χ0v) is 15.1. The minimum absolute atomic E-state index is 0.344. The Hall–Kier alpha value is -2.80. The summed E-state index contributed by atoms with van der Waals surface area (Å²) in [6, 6.07) is 6.71. The van der Waals surface area contributed by atoms with Gasteiger partial charge in [0.2, 0.25) is 5.95 Å². The molecule has 1 unspecified atom stereocenters. The minimum Gasteiger partial charge on any atom is -0.386 e. The molecule has 0 saturated carbocycles. The van der Waals surface area contributed by atoms with E-state index in [1.165, 1.54) is 5.56 Å². The first kappa shape index (κ1) is 16.7. The topological polar surface area (TPSA) is 70.1 Å². The lowest BCUT2D eigenvalue weighted by Crippen LogP contribution is -2.47. The van der Waals surface area contributed by atoms with Crippen LogP contribution in [0.2, 0.25) is 0 Å². The molecule has 134 valence electrons. The highest BCUT2D eigenvalue weighted by molar-refractivity contribution is 5.74. The van der Waals surface area contributed by atoms with E-state index in [4.69, 9.17) is 0 Å². The summed E-state index contributed by atoms with van der Waals surface area (Å²) in [7, 11) is 1.87. The summed E-state index contributed by atoms with van der Waals surface area (Å²) in [4.78, 5) is 22.4. The largest absolute Gasteiger partial charge is 0.386 e. The predicted molar refractivity (Wildman–Crippen MR) is 103 cm³/mol. The second-order valence-electron chi connectivity index (χ2n) is 6.53. The van der Waals surface area contributed by atoms with Crippen LogP contribution in [-0.2, 0) is 0 Å². The first-order chi connectivity index (χ1) is 12.7. The molecule has 0 aliphatic carbocycles.